The topological polar surface area (TPSA) is 65.0 Å². The minimum atomic E-state index is -1.73. The van der Waals surface area contributed by atoms with Gasteiger partial charge < -0.3 is 18.4 Å². The molecule has 0 heterocycles. The largest absolute Gasteiger partial charge is 0.484 e. The molecule has 5 nitrogen and oxygen atoms in total. The van der Waals surface area contributed by atoms with E-state index in [1.807, 2.05) is 27.7 Å². The Morgan fingerprint density at radius 1 is 1.00 bits per heavy atom. The van der Waals surface area contributed by atoms with Gasteiger partial charge in [0, 0.05) is 26.2 Å². The highest BCUT2D eigenvalue weighted by molar-refractivity contribution is 6.36. The second-order valence-corrected chi connectivity index (χ2v) is 4.73. The van der Waals surface area contributed by atoms with Crippen LogP contribution in [0, 0.1) is 0 Å². The van der Waals surface area contributed by atoms with E-state index < -0.39 is 15.5 Å². The van der Waals surface area contributed by atoms with Gasteiger partial charge in [-0.15, -0.1) is 0 Å². The predicted molar refractivity (Wildman–Crippen MR) is 69.2 cm³/mol. The van der Waals surface area contributed by atoms with Gasteiger partial charge in [0.1, 0.15) is 0 Å². The van der Waals surface area contributed by atoms with E-state index >= 15 is 0 Å². The summed E-state index contributed by atoms with van der Waals surface area (Å²) in [4.78, 5) is 9.76. The Bertz CT molecular complexity index is 152. The highest BCUT2D eigenvalue weighted by atomic mass is 28.3. The Morgan fingerprint density at radius 3 is 1.59 bits per heavy atom. The number of unbranched alkanes of at least 4 members (excludes halogenated alkanes) is 1. The SMILES string of the molecule is CCCCC(=O)O.CCO[SiH](OCC)OCC. The number of hydrogen-bond donors (Lipinski definition) is 1. The summed E-state index contributed by atoms with van der Waals surface area (Å²) in [6.45, 7) is 9.84. The lowest BCUT2D eigenvalue weighted by molar-refractivity contribution is -0.137. The van der Waals surface area contributed by atoms with Crippen LogP contribution in [-0.4, -0.2) is 40.4 Å². The van der Waals surface area contributed by atoms with Crippen LogP contribution in [0.4, 0.5) is 0 Å². The standard InChI is InChI=1S/C6H16O3Si.C5H10O2/c1-4-7-10(8-5-2)9-6-3;1-2-3-4-5(6)7/h10H,4-6H2,1-3H3;2-4H2,1H3,(H,6,7). The quantitative estimate of drug-likeness (QED) is 0.647. The fourth-order valence-corrected chi connectivity index (χ4v) is 1.99. The minimum Gasteiger partial charge on any atom is -0.481 e. The highest BCUT2D eigenvalue weighted by Crippen LogP contribution is 1.91. The second-order valence-electron chi connectivity index (χ2n) is 3.15. The van der Waals surface area contributed by atoms with E-state index in [-0.39, 0.29) is 0 Å². The van der Waals surface area contributed by atoms with Crippen molar-refractivity contribution in [2.45, 2.75) is 47.0 Å². The average Bonchev–Trinajstić information content (AvgIpc) is 2.28. The number of carboxylic acid groups (broad SMARTS) is 1. The molecule has 0 aromatic rings. The van der Waals surface area contributed by atoms with E-state index in [9.17, 15) is 4.79 Å². The molecule has 0 aliphatic rings. The van der Waals surface area contributed by atoms with Crippen molar-refractivity contribution in [2.75, 3.05) is 19.8 Å². The molecule has 0 spiro atoms. The van der Waals surface area contributed by atoms with Crippen molar-refractivity contribution in [3.05, 3.63) is 0 Å². The van der Waals surface area contributed by atoms with Crippen molar-refractivity contribution in [1.29, 1.82) is 0 Å². The molecule has 0 atom stereocenters. The minimum absolute atomic E-state index is 0.316. The molecule has 6 heteroatoms. The Balaban J connectivity index is 0. The summed E-state index contributed by atoms with van der Waals surface area (Å²) in [5.74, 6) is -0.693. The monoisotopic (exact) mass is 266 g/mol. The van der Waals surface area contributed by atoms with Crippen LogP contribution in [0.2, 0.25) is 0 Å². The van der Waals surface area contributed by atoms with Crippen molar-refractivity contribution in [3.8, 4) is 0 Å². The summed E-state index contributed by atoms with van der Waals surface area (Å²) in [6.07, 6.45) is 2.08. The second kappa shape index (κ2) is 15.6. The van der Waals surface area contributed by atoms with Gasteiger partial charge in [0.15, 0.2) is 0 Å². The van der Waals surface area contributed by atoms with Crippen molar-refractivity contribution in [1.82, 2.24) is 0 Å². The van der Waals surface area contributed by atoms with E-state index in [4.69, 9.17) is 18.4 Å². The molecule has 17 heavy (non-hydrogen) atoms. The van der Waals surface area contributed by atoms with E-state index in [2.05, 4.69) is 0 Å². The molecule has 0 radical (unpaired) electrons. The Labute approximate surface area is 106 Å². The molecule has 0 aliphatic carbocycles. The van der Waals surface area contributed by atoms with Gasteiger partial charge in [0.25, 0.3) is 0 Å². The number of aliphatic carboxylic acids is 1. The maximum atomic E-state index is 9.76. The molecule has 0 fully saturated rings. The maximum Gasteiger partial charge on any atom is 0.484 e. The van der Waals surface area contributed by atoms with Gasteiger partial charge in [0.2, 0.25) is 0 Å². The lowest BCUT2D eigenvalue weighted by atomic mass is 10.3. The van der Waals surface area contributed by atoms with Gasteiger partial charge in [-0.25, -0.2) is 0 Å². The molecule has 0 aromatic carbocycles. The van der Waals surface area contributed by atoms with Gasteiger partial charge in [-0.05, 0) is 27.2 Å². The molecule has 0 aliphatic heterocycles. The Morgan fingerprint density at radius 2 is 1.41 bits per heavy atom. The molecule has 0 saturated heterocycles. The first-order valence-corrected chi connectivity index (χ1v) is 7.60. The predicted octanol–water partition coefficient (Wildman–Crippen LogP) is 2.07. The first-order chi connectivity index (χ1) is 8.12. The smallest absolute Gasteiger partial charge is 0.481 e. The van der Waals surface area contributed by atoms with Crippen molar-refractivity contribution in [3.63, 3.8) is 0 Å². The van der Waals surface area contributed by atoms with Gasteiger partial charge in [-0.3, -0.25) is 4.79 Å². The summed E-state index contributed by atoms with van der Waals surface area (Å²) in [7, 11) is -1.73. The number of rotatable bonds is 9. The number of carboxylic acids is 1. The van der Waals surface area contributed by atoms with Crippen LogP contribution in [-0.2, 0) is 18.1 Å². The summed E-state index contributed by atoms with van der Waals surface area (Å²) in [6, 6.07) is 0. The fourth-order valence-electron chi connectivity index (χ4n) is 0.881. The Kier molecular flexibility index (Phi) is 17.3. The van der Waals surface area contributed by atoms with E-state index in [1.54, 1.807) is 0 Å². The zero-order valence-electron chi connectivity index (χ0n) is 11.4. The first kappa shape index (κ1) is 18.9. The third-order valence-corrected chi connectivity index (χ3v) is 3.47. The van der Waals surface area contributed by atoms with Crippen LogP contribution in [0.3, 0.4) is 0 Å². The first-order valence-electron chi connectivity index (χ1n) is 6.18. The normalized spacial score (nSPS) is 9.94. The van der Waals surface area contributed by atoms with Crippen molar-refractivity contribution < 1.29 is 23.2 Å². The number of carbonyl (C=O) groups is 1. The van der Waals surface area contributed by atoms with E-state index in [0.29, 0.717) is 26.2 Å². The molecular formula is C11H26O5Si. The zero-order valence-corrected chi connectivity index (χ0v) is 12.6. The molecule has 0 amide bonds. The van der Waals surface area contributed by atoms with Crippen LogP contribution in [0.5, 0.6) is 0 Å². The van der Waals surface area contributed by atoms with E-state index in [1.165, 1.54) is 0 Å². The van der Waals surface area contributed by atoms with Crippen LogP contribution < -0.4 is 0 Å². The van der Waals surface area contributed by atoms with Crippen LogP contribution >= 0.6 is 0 Å². The highest BCUT2D eigenvalue weighted by Gasteiger charge is 2.11. The molecule has 104 valence electrons. The Hall–Kier alpha value is -0.433. The summed E-state index contributed by atoms with van der Waals surface area (Å²) in [5, 5.41) is 8.04. The molecule has 0 saturated carbocycles. The third-order valence-electron chi connectivity index (χ3n) is 1.65. The summed E-state index contributed by atoms with van der Waals surface area (Å²) < 4.78 is 15.7. The lowest BCUT2D eigenvalue weighted by Gasteiger charge is -2.12. The third kappa shape index (κ3) is 18.1. The summed E-state index contributed by atoms with van der Waals surface area (Å²) in [5.41, 5.74) is 0. The fraction of sp³-hybridized carbons (Fsp3) is 0.909. The van der Waals surface area contributed by atoms with Crippen molar-refractivity contribution >= 4 is 15.5 Å². The van der Waals surface area contributed by atoms with Gasteiger partial charge >= 0.3 is 15.5 Å². The molecular weight excluding hydrogens is 240 g/mol. The average molecular weight is 266 g/mol. The molecule has 0 aromatic heterocycles. The van der Waals surface area contributed by atoms with Gasteiger partial charge in [0.05, 0.1) is 0 Å². The number of hydrogen-bond acceptors (Lipinski definition) is 4. The summed E-state index contributed by atoms with van der Waals surface area (Å²) >= 11 is 0. The molecule has 0 rings (SSSR count). The molecule has 0 bridgehead atoms. The van der Waals surface area contributed by atoms with Crippen LogP contribution in [0.15, 0.2) is 0 Å². The van der Waals surface area contributed by atoms with Crippen LogP contribution in [0.25, 0.3) is 0 Å². The van der Waals surface area contributed by atoms with Gasteiger partial charge in [-0.1, -0.05) is 13.3 Å². The zero-order chi connectivity index (χ0) is 13.5. The molecule has 1 N–H and O–H groups in total. The lowest BCUT2D eigenvalue weighted by Crippen LogP contribution is -2.27. The maximum absolute atomic E-state index is 9.76. The van der Waals surface area contributed by atoms with E-state index in [0.717, 1.165) is 12.8 Å². The van der Waals surface area contributed by atoms with Crippen molar-refractivity contribution in [2.24, 2.45) is 0 Å². The van der Waals surface area contributed by atoms with Gasteiger partial charge in [-0.2, -0.15) is 0 Å². The van der Waals surface area contributed by atoms with Crippen LogP contribution in [0.1, 0.15) is 47.0 Å². The molecule has 0 unspecified atom stereocenters.